The molecule has 0 atom stereocenters. The molecule has 7 heteroatoms. The molecule has 1 amide bonds. The minimum Gasteiger partial charge on any atom is -0.390 e. The third-order valence-corrected chi connectivity index (χ3v) is 4.41. The third-order valence-electron chi connectivity index (χ3n) is 3.38. The van der Waals surface area contributed by atoms with Gasteiger partial charge in [-0.05, 0) is 7.05 Å². The van der Waals surface area contributed by atoms with Gasteiger partial charge in [0.05, 0.1) is 24.3 Å². The standard InChI is InChI=1S/C12H20N4O2S/c1-14-3-5-16(6-4-14)11(18)9-19-12-13-7-10(8-17)15(12)2/h7,17H,3-6,8-9H2,1-2H3. The van der Waals surface area contributed by atoms with Crippen LogP contribution in [-0.2, 0) is 18.4 Å². The fourth-order valence-electron chi connectivity index (χ4n) is 1.98. The predicted octanol–water partition coefficient (Wildman–Crippen LogP) is -0.222. The number of aromatic nitrogens is 2. The first kappa shape index (κ1) is 14.4. The highest BCUT2D eigenvalue weighted by Crippen LogP contribution is 2.18. The van der Waals surface area contributed by atoms with Crippen LogP contribution in [0.4, 0.5) is 0 Å². The molecule has 106 valence electrons. The predicted molar refractivity (Wildman–Crippen MR) is 73.9 cm³/mol. The van der Waals surface area contributed by atoms with Gasteiger partial charge in [-0.1, -0.05) is 11.8 Å². The van der Waals surface area contributed by atoms with Gasteiger partial charge in [-0.3, -0.25) is 4.79 Å². The van der Waals surface area contributed by atoms with Crippen LogP contribution in [0.1, 0.15) is 5.69 Å². The molecule has 1 N–H and O–H groups in total. The van der Waals surface area contributed by atoms with E-state index in [1.165, 1.54) is 11.8 Å². The van der Waals surface area contributed by atoms with Gasteiger partial charge in [0.25, 0.3) is 0 Å². The van der Waals surface area contributed by atoms with Gasteiger partial charge in [-0.2, -0.15) is 0 Å². The molecule has 19 heavy (non-hydrogen) atoms. The average Bonchev–Trinajstić information content (AvgIpc) is 2.77. The highest BCUT2D eigenvalue weighted by atomic mass is 32.2. The molecule has 0 spiro atoms. The number of carbonyl (C=O) groups excluding carboxylic acids is 1. The summed E-state index contributed by atoms with van der Waals surface area (Å²) in [6, 6.07) is 0. The van der Waals surface area contributed by atoms with E-state index in [0.717, 1.165) is 37.0 Å². The third kappa shape index (κ3) is 3.49. The molecule has 1 saturated heterocycles. The summed E-state index contributed by atoms with van der Waals surface area (Å²) in [6.45, 7) is 3.45. The van der Waals surface area contributed by atoms with Crippen molar-refractivity contribution in [3.8, 4) is 0 Å². The Hall–Kier alpha value is -1.05. The maximum atomic E-state index is 12.1. The lowest BCUT2D eigenvalue weighted by Crippen LogP contribution is -2.47. The lowest BCUT2D eigenvalue weighted by molar-refractivity contribution is -0.129. The number of hydrogen-bond acceptors (Lipinski definition) is 5. The van der Waals surface area contributed by atoms with Gasteiger partial charge in [0.15, 0.2) is 5.16 Å². The van der Waals surface area contributed by atoms with Crippen molar-refractivity contribution in [1.29, 1.82) is 0 Å². The Bertz CT molecular complexity index is 441. The van der Waals surface area contributed by atoms with Gasteiger partial charge >= 0.3 is 0 Å². The van der Waals surface area contributed by atoms with Crippen molar-refractivity contribution in [2.75, 3.05) is 39.0 Å². The van der Waals surface area contributed by atoms with Crippen LogP contribution in [0.25, 0.3) is 0 Å². The smallest absolute Gasteiger partial charge is 0.233 e. The number of aliphatic hydroxyl groups is 1. The lowest BCUT2D eigenvalue weighted by atomic mass is 10.3. The molecule has 1 aromatic rings. The van der Waals surface area contributed by atoms with E-state index in [1.807, 2.05) is 16.5 Å². The second kappa shape index (κ2) is 6.40. The van der Waals surface area contributed by atoms with Crippen molar-refractivity contribution in [3.63, 3.8) is 0 Å². The van der Waals surface area contributed by atoms with E-state index in [0.29, 0.717) is 5.75 Å². The Kier molecular flexibility index (Phi) is 4.84. The molecule has 0 radical (unpaired) electrons. The summed E-state index contributed by atoms with van der Waals surface area (Å²) in [6.07, 6.45) is 1.64. The zero-order valence-corrected chi connectivity index (χ0v) is 12.2. The first-order valence-corrected chi connectivity index (χ1v) is 7.31. The number of thioether (sulfide) groups is 1. The largest absolute Gasteiger partial charge is 0.390 e. The van der Waals surface area contributed by atoms with Crippen molar-refractivity contribution >= 4 is 17.7 Å². The first-order valence-electron chi connectivity index (χ1n) is 6.32. The maximum absolute atomic E-state index is 12.1. The Morgan fingerprint density at radius 3 is 2.63 bits per heavy atom. The number of nitrogens with zero attached hydrogens (tertiary/aromatic N) is 4. The van der Waals surface area contributed by atoms with Crippen LogP contribution in [0.3, 0.4) is 0 Å². The van der Waals surface area contributed by atoms with E-state index in [4.69, 9.17) is 5.11 Å². The van der Waals surface area contributed by atoms with Crippen LogP contribution in [0.15, 0.2) is 11.4 Å². The molecule has 1 aromatic heterocycles. The molecule has 1 fully saturated rings. The zero-order valence-electron chi connectivity index (χ0n) is 11.4. The first-order chi connectivity index (χ1) is 9.11. The van der Waals surface area contributed by atoms with E-state index in [9.17, 15) is 4.79 Å². The number of rotatable bonds is 4. The molecule has 2 heterocycles. The number of likely N-dealkylation sites (N-methyl/N-ethyl adjacent to an activating group) is 1. The second-order valence-corrected chi connectivity index (χ2v) is 5.66. The highest BCUT2D eigenvalue weighted by Gasteiger charge is 2.19. The Labute approximate surface area is 117 Å². The fraction of sp³-hybridized carbons (Fsp3) is 0.667. The van der Waals surface area contributed by atoms with Crippen LogP contribution in [0.5, 0.6) is 0 Å². The summed E-state index contributed by atoms with van der Waals surface area (Å²) in [5, 5.41) is 9.86. The van der Waals surface area contributed by atoms with Crippen molar-refractivity contribution in [2.45, 2.75) is 11.8 Å². The van der Waals surface area contributed by atoms with Crippen LogP contribution >= 0.6 is 11.8 Å². The second-order valence-electron chi connectivity index (χ2n) is 4.72. The molecule has 0 bridgehead atoms. The summed E-state index contributed by atoms with van der Waals surface area (Å²) >= 11 is 1.42. The number of piperazine rings is 1. The number of aliphatic hydroxyl groups excluding tert-OH is 1. The molecule has 6 nitrogen and oxygen atoms in total. The summed E-state index contributed by atoms with van der Waals surface area (Å²) in [5.41, 5.74) is 0.759. The zero-order chi connectivity index (χ0) is 13.8. The van der Waals surface area contributed by atoms with Crippen molar-refractivity contribution < 1.29 is 9.90 Å². The van der Waals surface area contributed by atoms with E-state index >= 15 is 0 Å². The Morgan fingerprint density at radius 1 is 1.37 bits per heavy atom. The molecule has 0 saturated carbocycles. The summed E-state index contributed by atoms with van der Waals surface area (Å²) in [7, 11) is 3.92. The van der Waals surface area contributed by atoms with Crippen molar-refractivity contribution in [3.05, 3.63) is 11.9 Å². The minimum atomic E-state index is -0.0313. The van der Waals surface area contributed by atoms with Crippen molar-refractivity contribution in [1.82, 2.24) is 19.4 Å². The average molecular weight is 284 g/mol. The van der Waals surface area contributed by atoms with Gasteiger partial charge in [0, 0.05) is 33.2 Å². The van der Waals surface area contributed by atoms with Gasteiger partial charge < -0.3 is 19.5 Å². The number of carbonyl (C=O) groups is 1. The Morgan fingerprint density at radius 2 is 2.05 bits per heavy atom. The van der Waals surface area contributed by atoms with E-state index in [2.05, 4.69) is 16.9 Å². The van der Waals surface area contributed by atoms with Crippen molar-refractivity contribution in [2.24, 2.45) is 7.05 Å². The highest BCUT2D eigenvalue weighted by molar-refractivity contribution is 7.99. The molecule has 1 aliphatic heterocycles. The monoisotopic (exact) mass is 284 g/mol. The Balaban J connectivity index is 1.84. The number of hydrogen-bond donors (Lipinski definition) is 1. The molecule has 2 rings (SSSR count). The van der Waals surface area contributed by atoms with E-state index < -0.39 is 0 Å². The number of imidazole rings is 1. The summed E-state index contributed by atoms with van der Waals surface area (Å²) in [4.78, 5) is 20.4. The minimum absolute atomic E-state index is 0.0313. The molecule has 0 aliphatic carbocycles. The van der Waals surface area contributed by atoms with Gasteiger partial charge in [-0.15, -0.1) is 0 Å². The van der Waals surface area contributed by atoms with Gasteiger partial charge in [0.2, 0.25) is 5.91 Å². The van der Waals surface area contributed by atoms with Crippen LogP contribution < -0.4 is 0 Å². The van der Waals surface area contributed by atoms with Crippen LogP contribution in [0, 0.1) is 0 Å². The topological polar surface area (TPSA) is 61.6 Å². The fourth-order valence-corrected chi connectivity index (χ4v) is 2.85. The number of amides is 1. The van der Waals surface area contributed by atoms with E-state index in [1.54, 1.807) is 6.20 Å². The quantitative estimate of drug-likeness (QED) is 0.775. The normalized spacial score (nSPS) is 16.9. The van der Waals surface area contributed by atoms with E-state index in [-0.39, 0.29) is 12.5 Å². The van der Waals surface area contributed by atoms with Crippen LogP contribution in [-0.4, -0.2) is 69.3 Å². The molecule has 1 aliphatic rings. The molecule has 0 unspecified atom stereocenters. The van der Waals surface area contributed by atoms with Gasteiger partial charge in [0.1, 0.15) is 0 Å². The van der Waals surface area contributed by atoms with Crippen LogP contribution in [0.2, 0.25) is 0 Å². The molecular weight excluding hydrogens is 264 g/mol. The summed E-state index contributed by atoms with van der Waals surface area (Å²) in [5.74, 6) is 0.561. The maximum Gasteiger partial charge on any atom is 0.233 e. The van der Waals surface area contributed by atoms with Gasteiger partial charge in [-0.25, -0.2) is 4.98 Å². The SMILES string of the molecule is CN1CCN(C(=O)CSc2ncc(CO)n2C)CC1. The molecular formula is C12H20N4O2S. The lowest BCUT2D eigenvalue weighted by Gasteiger charge is -2.32. The summed E-state index contributed by atoms with van der Waals surface area (Å²) < 4.78 is 1.82. The molecule has 0 aromatic carbocycles.